The Morgan fingerprint density at radius 1 is 1.43 bits per heavy atom. The molecule has 0 saturated carbocycles. The smallest absolute Gasteiger partial charge is 0.237 e. The lowest BCUT2D eigenvalue weighted by Gasteiger charge is -2.23. The fourth-order valence-corrected chi connectivity index (χ4v) is 3.29. The summed E-state index contributed by atoms with van der Waals surface area (Å²) < 4.78 is 5.27. The third-order valence-corrected chi connectivity index (χ3v) is 4.50. The van der Waals surface area contributed by atoms with Gasteiger partial charge in [-0.05, 0) is 30.2 Å². The zero-order valence-electron chi connectivity index (χ0n) is 12.6. The summed E-state index contributed by atoms with van der Waals surface area (Å²) in [4.78, 5) is 26.5. The molecule has 2 amide bonds. The van der Waals surface area contributed by atoms with Crippen molar-refractivity contribution in [1.29, 1.82) is 0 Å². The number of carbonyl (C=O) groups excluding carboxylic acids is 2. The second-order valence-electron chi connectivity index (χ2n) is 6.11. The van der Waals surface area contributed by atoms with E-state index in [0.717, 1.165) is 17.0 Å². The van der Waals surface area contributed by atoms with Crippen molar-refractivity contribution in [2.45, 2.75) is 25.7 Å². The van der Waals surface area contributed by atoms with E-state index in [1.54, 1.807) is 12.0 Å². The van der Waals surface area contributed by atoms with E-state index in [-0.39, 0.29) is 17.7 Å². The van der Waals surface area contributed by atoms with Gasteiger partial charge in [0, 0.05) is 24.7 Å². The summed E-state index contributed by atoms with van der Waals surface area (Å²) in [6, 6.07) is 5.62. The topological polar surface area (TPSA) is 58.6 Å². The first kappa shape index (κ1) is 13.9. The number of hydrogen-bond donors (Lipinski definition) is 1. The van der Waals surface area contributed by atoms with Crippen molar-refractivity contribution in [2.24, 2.45) is 5.92 Å². The molecule has 0 unspecified atom stereocenters. The van der Waals surface area contributed by atoms with Gasteiger partial charge in [0.05, 0.1) is 12.5 Å². The normalized spacial score (nSPS) is 23.6. The van der Waals surface area contributed by atoms with Crippen LogP contribution in [0.15, 0.2) is 18.2 Å². The molecule has 0 radical (unpaired) electrons. The fraction of sp³-hybridized carbons (Fsp3) is 0.500. The molecule has 2 heterocycles. The van der Waals surface area contributed by atoms with Gasteiger partial charge in [0.15, 0.2) is 0 Å². The van der Waals surface area contributed by atoms with Gasteiger partial charge in [-0.1, -0.05) is 13.8 Å². The van der Waals surface area contributed by atoms with E-state index >= 15 is 0 Å². The van der Waals surface area contributed by atoms with Crippen LogP contribution in [0, 0.1) is 5.92 Å². The van der Waals surface area contributed by atoms with Crippen molar-refractivity contribution < 1.29 is 14.3 Å². The highest BCUT2D eigenvalue weighted by Crippen LogP contribution is 2.45. The summed E-state index contributed by atoms with van der Waals surface area (Å²) in [7, 11) is 1.61. The predicted octanol–water partition coefficient (Wildman–Crippen LogP) is 1.77. The van der Waals surface area contributed by atoms with Gasteiger partial charge in [-0.2, -0.15) is 0 Å². The lowest BCUT2D eigenvalue weighted by Crippen LogP contribution is -2.40. The molecule has 2 aliphatic heterocycles. The quantitative estimate of drug-likeness (QED) is 0.902. The molecule has 1 atom stereocenters. The summed E-state index contributed by atoms with van der Waals surface area (Å²) in [6.45, 7) is 4.86. The Labute approximate surface area is 124 Å². The van der Waals surface area contributed by atoms with Gasteiger partial charge in [0.1, 0.15) is 5.75 Å². The molecule has 0 bridgehead atoms. The average molecular weight is 288 g/mol. The highest BCUT2D eigenvalue weighted by Gasteiger charge is 2.52. The van der Waals surface area contributed by atoms with E-state index in [4.69, 9.17) is 4.74 Å². The molecular weight excluding hydrogens is 268 g/mol. The van der Waals surface area contributed by atoms with Gasteiger partial charge in [0.2, 0.25) is 11.8 Å². The maximum Gasteiger partial charge on any atom is 0.237 e. The molecule has 0 aromatic heterocycles. The minimum Gasteiger partial charge on any atom is -0.497 e. The van der Waals surface area contributed by atoms with Crippen molar-refractivity contribution in [3.8, 4) is 5.75 Å². The lowest BCUT2D eigenvalue weighted by atomic mass is 9.81. The van der Waals surface area contributed by atoms with Gasteiger partial charge >= 0.3 is 0 Å². The van der Waals surface area contributed by atoms with Crippen molar-refractivity contribution >= 4 is 17.5 Å². The van der Waals surface area contributed by atoms with Gasteiger partial charge in [-0.3, -0.25) is 9.59 Å². The Morgan fingerprint density at radius 3 is 2.86 bits per heavy atom. The first-order valence-corrected chi connectivity index (χ1v) is 7.27. The van der Waals surface area contributed by atoms with Crippen LogP contribution >= 0.6 is 0 Å². The molecule has 5 nitrogen and oxygen atoms in total. The number of nitrogens with one attached hydrogen (secondary N) is 1. The van der Waals surface area contributed by atoms with E-state index in [1.807, 2.05) is 32.0 Å². The summed E-state index contributed by atoms with van der Waals surface area (Å²) in [5.41, 5.74) is 1.17. The summed E-state index contributed by atoms with van der Waals surface area (Å²) in [5.74, 6) is 0.786. The summed E-state index contributed by atoms with van der Waals surface area (Å²) in [5, 5.41) is 2.94. The zero-order valence-corrected chi connectivity index (χ0v) is 12.6. The zero-order chi connectivity index (χ0) is 15.2. The van der Waals surface area contributed by atoms with Crippen molar-refractivity contribution in [3.63, 3.8) is 0 Å². The molecule has 1 N–H and O–H groups in total. The number of amides is 2. The number of rotatable bonds is 2. The maximum absolute atomic E-state index is 12.5. The Balaban J connectivity index is 1.97. The lowest BCUT2D eigenvalue weighted by molar-refractivity contribution is -0.133. The van der Waals surface area contributed by atoms with Gasteiger partial charge < -0.3 is 15.0 Å². The highest BCUT2D eigenvalue weighted by molar-refractivity contribution is 6.07. The molecule has 1 aromatic rings. The van der Waals surface area contributed by atoms with Crippen LogP contribution in [0.4, 0.5) is 5.69 Å². The van der Waals surface area contributed by atoms with Crippen molar-refractivity contribution in [2.75, 3.05) is 25.5 Å². The fourth-order valence-electron chi connectivity index (χ4n) is 3.29. The number of hydrogen-bond acceptors (Lipinski definition) is 3. The number of nitrogens with zero attached hydrogens (tertiary/aromatic N) is 1. The van der Waals surface area contributed by atoms with Crippen molar-refractivity contribution in [3.05, 3.63) is 23.8 Å². The Morgan fingerprint density at radius 2 is 2.19 bits per heavy atom. The summed E-state index contributed by atoms with van der Waals surface area (Å²) in [6.07, 6.45) is 0.664. The number of fused-ring (bicyclic) bond motifs is 2. The molecule has 1 aromatic carbocycles. The van der Waals surface area contributed by atoms with E-state index in [9.17, 15) is 9.59 Å². The second kappa shape index (κ2) is 4.76. The number of likely N-dealkylation sites (tertiary alicyclic amines) is 1. The van der Waals surface area contributed by atoms with Crippen molar-refractivity contribution in [1.82, 2.24) is 4.90 Å². The molecule has 1 fully saturated rings. The molecule has 2 aliphatic rings. The van der Waals surface area contributed by atoms with Gasteiger partial charge in [0.25, 0.3) is 0 Å². The van der Waals surface area contributed by atoms with Crippen LogP contribution in [0.3, 0.4) is 0 Å². The number of anilines is 1. The summed E-state index contributed by atoms with van der Waals surface area (Å²) >= 11 is 0. The molecule has 3 rings (SSSR count). The number of benzene rings is 1. The van der Waals surface area contributed by atoms with E-state index in [0.29, 0.717) is 19.5 Å². The van der Waals surface area contributed by atoms with Crippen LogP contribution in [0.5, 0.6) is 5.75 Å². The predicted molar refractivity (Wildman–Crippen MR) is 79.3 cm³/mol. The van der Waals surface area contributed by atoms with E-state index < -0.39 is 5.41 Å². The maximum atomic E-state index is 12.5. The monoisotopic (exact) mass is 288 g/mol. The van der Waals surface area contributed by atoms with Crippen LogP contribution in [0.1, 0.15) is 25.8 Å². The highest BCUT2D eigenvalue weighted by atomic mass is 16.5. The standard InChI is InChI=1S/C16H20N2O3/c1-10(2)14(19)18-7-6-16(9-18)12-8-11(21-3)4-5-13(12)17-15(16)20/h4-5,8,10H,6-7,9H2,1-3H3,(H,17,20)/t16-/m1/s1. The first-order chi connectivity index (χ1) is 9.98. The molecular formula is C16H20N2O3. The number of ether oxygens (including phenoxy) is 1. The largest absolute Gasteiger partial charge is 0.497 e. The molecule has 5 heteroatoms. The molecule has 112 valence electrons. The molecule has 21 heavy (non-hydrogen) atoms. The second-order valence-corrected chi connectivity index (χ2v) is 6.11. The van der Waals surface area contributed by atoms with E-state index in [1.165, 1.54) is 0 Å². The first-order valence-electron chi connectivity index (χ1n) is 7.27. The number of methoxy groups -OCH3 is 1. The number of carbonyl (C=O) groups is 2. The third kappa shape index (κ3) is 1.99. The minimum absolute atomic E-state index is 0.00944. The van der Waals surface area contributed by atoms with Crippen LogP contribution in [-0.2, 0) is 15.0 Å². The average Bonchev–Trinajstić information content (AvgIpc) is 3.02. The van der Waals surface area contributed by atoms with Gasteiger partial charge in [-0.25, -0.2) is 0 Å². The minimum atomic E-state index is -0.617. The van der Waals surface area contributed by atoms with Crippen LogP contribution in [0.2, 0.25) is 0 Å². The van der Waals surface area contributed by atoms with Crippen LogP contribution in [-0.4, -0.2) is 36.9 Å². The van der Waals surface area contributed by atoms with Gasteiger partial charge in [-0.15, -0.1) is 0 Å². The third-order valence-electron chi connectivity index (χ3n) is 4.50. The molecule has 1 spiro atoms. The SMILES string of the molecule is COc1ccc2c(c1)[C@]1(CCN(C(=O)C(C)C)C1)C(=O)N2. The van der Waals surface area contributed by atoms with Crippen LogP contribution < -0.4 is 10.1 Å². The Hall–Kier alpha value is -2.04. The van der Waals surface area contributed by atoms with E-state index in [2.05, 4.69) is 5.32 Å². The van der Waals surface area contributed by atoms with Crippen LogP contribution in [0.25, 0.3) is 0 Å². The molecule has 0 aliphatic carbocycles. The molecule has 1 saturated heterocycles. The Bertz CT molecular complexity index is 612. The Kier molecular flexibility index (Phi) is 3.15.